The zero-order valence-electron chi connectivity index (χ0n) is 9.10. The molecule has 0 aliphatic carbocycles. The van der Waals surface area contributed by atoms with Gasteiger partial charge in [-0.25, -0.2) is 4.39 Å². The van der Waals surface area contributed by atoms with Gasteiger partial charge in [0.2, 0.25) is 0 Å². The van der Waals surface area contributed by atoms with Crippen molar-refractivity contribution in [3.63, 3.8) is 0 Å². The first kappa shape index (κ1) is 12.5. The molecule has 0 amide bonds. The molecule has 0 fully saturated rings. The van der Waals surface area contributed by atoms with E-state index in [1.54, 1.807) is 13.2 Å². The quantitative estimate of drug-likeness (QED) is 0.910. The summed E-state index contributed by atoms with van der Waals surface area (Å²) in [5.74, 6) is -0.238. The number of methoxy groups -OCH3 is 1. The van der Waals surface area contributed by atoms with Crippen LogP contribution in [0.2, 0.25) is 0 Å². The van der Waals surface area contributed by atoms with Crippen molar-refractivity contribution in [2.24, 2.45) is 0 Å². The van der Waals surface area contributed by atoms with Crippen LogP contribution < -0.4 is 5.32 Å². The van der Waals surface area contributed by atoms with Gasteiger partial charge in [-0.1, -0.05) is 0 Å². The number of anilines is 1. The Morgan fingerprint density at radius 3 is 2.80 bits per heavy atom. The van der Waals surface area contributed by atoms with Crippen LogP contribution in [0.5, 0.6) is 0 Å². The molecule has 1 unspecified atom stereocenters. The minimum atomic E-state index is -0.238. The molecule has 15 heavy (non-hydrogen) atoms. The molecule has 0 saturated heterocycles. The summed E-state index contributed by atoms with van der Waals surface area (Å²) in [5.41, 5.74) is 1.81. The minimum absolute atomic E-state index is 0.133. The lowest BCUT2D eigenvalue weighted by molar-refractivity contribution is 0.129. The second-order valence-electron chi connectivity index (χ2n) is 3.51. The lowest BCUT2D eigenvalue weighted by Gasteiger charge is -2.14. The lowest BCUT2D eigenvalue weighted by atomic mass is 10.2. The molecule has 1 N–H and O–H groups in total. The van der Waals surface area contributed by atoms with Gasteiger partial charge >= 0.3 is 0 Å². The van der Waals surface area contributed by atoms with E-state index in [2.05, 4.69) is 21.2 Å². The molecular weight excluding hydrogens is 261 g/mol. The van der Waals surface area contributed by atoms with Crippen LogP contribution in [-0.4, -0.2) is 19.8 Å². The topological polar surface area (TPSA) is 21.3 Å². The van der Waals surface area contributed by atoms with Crippen LogP contribution in [0.1, 0.15) is 12.5 Å². The highest BCUT2D eigenvalue weighted by molar-refractivity contribution is 9.10. The monoisotopic (exact) mass is 275 g/mol. The van der Waals surface area contributed by atoms with Crippen molar-refractivity contribution < 1.29 is 9.13 Å². The van der Waals surface area contributed by atoms with Gasteiger partial charge in [-0.2, -0.15) is 0 Å². The standard InChI is InChI=1S/C11H15BrFNO/c1-7-4-10(13)9(12)5-11(7)14-6-8(2)15-3/h4-5,8,14H,6H2,1-3H3. The molecule has 0 bridgehead atoms. The Morgan fingerprint density at radius 2 is 2.20 bits per heavy atom. The molecule has 0 heterocycles. The van der Waals surface area contributed by atoms with E-state index in [1.165, 1.54) is 6.07 Å². The summed E-state index contributed by atoms with van der Waals surface area (Å²) in [7, 11) is 1.67. The summed E-state index contributed by atoms with van der Waals surface area (Å²) >= 11 is 3.16. The maximum Gasteiger partial charge on any atom is 0.137 e. The molecule has 1 rings (SSSR count). The average Bonchev–Trinajstić information content (AvgIpc) is 2.21. The molecule has 0 aliphatic rings. The van der Waals surface area contributed by atoms with Crippen molar-refractivity contribution in [2.75, 3.05) is 19.0 Å². The number of benzene rings is 1. The lowest BCUT2D eigenvalue weighted by Crippen LogP contribution is -2.18. The Morgan fingerprint density at radius 1 is 1.53 bits per heavy atom. The first-order chi connectivity index (χ1) is 7.04. The largest absolute Gasteiger partial charge is 0.382 e. The Hall–Kier alpha value is -0.610. The third-order valence-corrected chi connectivity index (χ3v) is 2.86. The molecule has 4 heteroatoms. The molecule has 0 aromatic heterocycles. The van der Waals surface area contributed by atoms with Crippen LogP contribution in [0.4, 0.5) is 10.1 Å². The van der Waals surface area contributed by atoms with Crippen LogP contribution in [0.3, 0.4) is 0 Å². The van der Waals surface area contributed by atoms with Crippen molar-refractivity contribution in [3.8, 4) is 0 Å². The minimum Gasteiger partial charge on any atom is -0.382 e. The molecular formula is C11H15BrFNO. The number of ether oxygens (including phenoxy) is 1. The summed E-state index contributed by atoms with van der Waals surface area (Å²) in [5, 5.41) is 3.21. The highest BCUT2D eigenvalue weighted by Crippen LogP contribution is 2.24. The van der Waals surface area contributed by atoms with Crippen LogP contribution in [0, 0.1) is 12.7 Å². The zero-order chi connectivity index (χ0) is 11.4. The van der Waals surface area contributed by atoms with Crippen LogP contribution >= 0.6 is 15.9 Å². The fraction of sp³-hybridized carbons (Fsp3) is 0.455. The molecule has 1 aromatic rings. The molecule has 2 nitrogen and oxygen atoms in total. The highest BCUT2D eigenvalue weighted by Gasteiger charge is 2.06. The predicted octanol–water partition coefficient (Wildman–Crippen LogP) is 3.34. The fourth-order valence-electron chi connectivity index (χ4n) is 1.17. The van der Waals surface area contributed by atoms with Crippen molar-refractivity contribution in [2.45, 2.75) is 20.0 Å². The van der Waals surface area contributed by atoms with Crippen LogP contribution in [0.25, 0.3) is 0 Å². The predicted molar refractivity (Wildman–Crippen MR) is 63.8 cm³/mol. The first-order valence-corrected chi connectivity index (χ1v) is 5.56. The molecule has 1 atom stereocenters. The van der Waals surface area contributed by atoms with Gasteiger partial charge in [0.25, 0.3) is 0 Å². The van der Waals surface area contributed by atoms with Gasteiger partial charge in [0, 0.05) is 19.3 Å². The van der Waals surface area contributed by atoms with Gasteiger partial charge in [-0.15, -0.1) is 0 Å². The number of aryl methyl sites for hydroxylation is 1. The molecule has 0 spiro atoms. The van der Waals surface area contributed by atoms with Crippen molar-refractivity contribution in [1.29, 1.82) is 0 Å². The molecule has 84 valence electrons. The van der Waals surface area contributed by atoms with Gasteiger partial charge in [-0.05, 0) is 47.5 Å². The van der Waals surface area contributed by atoms with Crippen molar-refractivity contribution >= 4 is 21.6 Å². The normalized spacial score (nSPS) is 12.6. The van der Waals surface area contributed by atoms with E-state index >= 15 is 0 Å². The van der Waals surface area contributed by atoms with Gasteiger partial charge in [0.05, 0.1) is 10.6 Å². The third-order valence-electron chi connectivity index (χ3n) is 2.25. The molecule has 0 radical (unpaired) electrons. The number of rotatable bonds is 4. The summed E-state index contributed by atoms with van der Waals surface area (Å²) in [6.45, 7) is 4.55. The Kier molecular flexibility index (Phi) is 4.54. The number of halogens is 2. The fourth-order valence-corrected chi connectivity index (χ4v) is 1.52. The maximum atomic E-state index is 13.1. The van der Waals surface area contributed by atoms with Crippen LogP contribution in [0.15, 0.2) is 16.6 Å². The van der Waals surface area contributed by atoms with E-state index in [-0.39, 0.29) is 11.9 Å². The Labute approximate surface area is 98.0 Å². The van der Waals surface area contributed by atoms with E-state index in [1.807, 2.05) is 13.8 Å². The van der Waals surface area contributed by atoms with Crippen molar-refractivity contribution in [3.05, 3.63) is 28.0 Å². The summed E-state index contributed by atoms with van der Waals surface area (Å²) in [4.78, 5) is 0. The Bertz CT molecular complexity index is 344. The first-order valence-electron chi connectivity index (χ1n) is 4.77. The average molecular weight is 276 g/mol. The van der Waals surface area contributed by atoms with Gasteiger partial charge in [0.15, 0.2) is 0 Å². The van der Waals surface area contributed by atoms with E-state index < -0.39 is 0 Å². The molecule has 0 aliphatic heterocycles. The van der Waals surface area contributed by atoms with Gasteiger partial charge in [-0.3, -0.25) is 0 Å². The van der Waals surface area contributed by atoms with Crippen LogP contribution in [-0.2, 0) is 4.74 Å². The second-order valence-corrected chi connectivity index (χ2v) is 4.36. The summed E-state index contributed by atoms with van der Waals surface area (Å²) in [6, 6.07) is 3.25. The van der Waals surface area contributed by atoms with Gasteiger partial charge < -0.3 is 10.1 Å². The molecule has 1 aromatic carbocycles. The van der Waals surface area contributed by atoms with Crippen molar-refractivity contribution in [1.82, 2.24) is 0 Å². The summed E-state index contributed by atoms with van der Waals surface area (Å²) < 4.78 is 18.7. The van der Waals surface area contributed by atoms with E-state index in [4.69, 9.17) is 4.74 Å². The number of hydrogen-bond acceptors (Lipinski definition) is 2. The second kappa shape index (κ2) is 5.47. The third kappa shape index (κ3) is 3.47. The van der Waals surface area contributed by atoms with E-state index in [0.29, 0.717) is 11.0 Å². The SMILES string of the molecule is COC(C)CNc1cc(Br)c(F)cc1C. The maximum absolute atomic E-state index is 13.1. The number of hydrogen-bond donors (Lipinski definition) is 1. The smallest absolute Gasteiger partial charge is 0.137 e. The molecule has 0 saturated carbocycles. The summed E-state index contributed by atoms with van der Waals surface area (Å²) in [6.07, 6.45) is 0.133. The Balaban J connectivity index is 2.73. The van der Waals surface area contributed by atoms with E-state index in [0.717, 1.165) is 11.3 Å². The van der Waals surface area contributed by atoms with E-state index in [9.17, 15) is 4.39 Å². The highest BCUT2D eigenvalue weighted by atomic mass is 79.9. The van der Waals surface area contributed by atoms with Gasteiger partial charge in [0.1, 0.15) is 5.82 Å². The zero-order valence-corrected chi connectivity index (χ0v) is 10.7. The number of nitrogens with one attached hydrogen (secondary N) is 1.